The Hall–Kier alpha value is -2.58. The number of nitro groups is 1. The van der Waals surface area contributed by atoms with Gasteiger partial charge in [0.05, 0.1) is 15.1 Å². The number of aryl methyl sites for hydroxylation is 1. The number of thiophene rings is 1. The predicted molar refractivity (Wildman–Crippen MR) is 97.6 cm³/mol. The van der Waals surface area contributed by atoms with Crippen LogP contribution in [0.5, 0.6) is 0 Å². The van der Waals surface area contributed by atoms with Gasteiger partial charge in [-0.25, -0.2) is 4.98 Å². The van der Waals surface area contributed by atoms with E-state index in [1.165, 1.54) is 23.5 Å². The fourth-order valence-electron chi connectivity index (χ4n) is 2.18. The van der Waals surface area contributed by atoms with Gasteiger partial charge in [0.2, 0.25) is 5.91 Å². The van der Waals surface area contributed by atoms with E-state index in [4.69, 9.17) is 0 Å². The minimum atomic E-state index is -0.450. The van der Waals surface area contributed by atoms with Gasteiger partial charge in [-0.3, -0.25) is 20.2 Å². The molecule has 0 aliphatic rings. The molecule has 122 valence electrons. The van der Waals surface area contributed by atoms with Gasteiger partial charge >= 0.3 is 5.00 Å². The summed E-state index contributed by atoms with van der Waals surface area (Å²) in [6.45, 7) is 2.06. The largest absolute Gasteiger partial charge is 0.324 e. The summed E-state index contributed by atoms with van der Waals surface area (Å²) < 4.78 is 1.03. The number of carbonyl (C=O) groups excluding carboxylic acids is 1. The Balaban J connectivity index is 1.72. The number of anilines is 1. The molecule has 0 saturated heterocycles. The number of fused-ring (bicyclic) bond motifs is 1. The molecule has 0 fully saturated rings. The summed E-state index contributed by atoms with van der Waals surface area (Å²) >= 11 is 2.44. The highest BCUT2D eigenvalue weighted by Gasteiger charge is 2.10. The zero-order valence-corrected chi connectivity index (χ0v) is 14.3. The molecular weight excluding hydrogens is 346 g/mol. The van der Waals surface area contributed by atoms with Crippen molar-refractivity contribution in [1.82, 2.24) is 4.98 Å². The minimum absolute atomic E-state index is 0.0494. The third-order valence-electron chi connectivity index (χ3n) is 3.31. The lowest BCUT2D eigenvalue weighted by Gasteiger charge is -1.96. The lowest BCUT2D eigenvalue weighted by atomic mass is 10.1. The van der Waals surface area contributed by atoms with Crippen LogP contribution in [-0.4, -0.2) is 15.8 Å². The van der Waals surface area contributed by atoms with Crippen molar-refractivity contribution in [3.05, 3.63) is 57.0 Å². The van der Waals surface area contributed by atoms with Crippen LogP contribution in [0.2, 0.25) is 0 Å². The number of hydrogen-bond donors (Lipinski definition) is 1. The molecule has 0 saturated carbocycles. The summed E-state index contributed by atoms with van der Waals surface area (Å²) in [5.41, 5.74) is 2.06. The smallest absolute Gasteiger partial charge is 0.298 e. The third kappa shape index (κ3) is 3.50. The third-order valence-corrected chi connectivity index (χ3v) is 5.24. The SMILES string of the molecule is CCc1cccc2sc(NC(=O)/C=C\c3ccc([N+](=O)[O-])s3)nc12. The van der Waals surface area contributed by atoms with E-state index < -0.39 is 4.92 Å². The average Bonchev–Trinajstić information content (AvgIpc) is 3.18. The molecule has 0 bridgehead atoms. The number of nitrogens with zero attached hydrogens (tertiary/aromatic N) is 2. The van der Waals surface area contributed by atoms with E-state index in [0.717, 1.165) is 33.5 Å². The van der Waals surface area contributed by atoms with Crippen LogP contribution in [0.1, 0.15) is 17.4 Å². The van der Waals surface area contributed by atoms with Crippen LogP contribution in [0.4, 0.5) is 10.1 Å². The van der Waals surface area contributed by atoms with E-state index in [2.05, 4.69) is 17.2 Å². The first-order chi connectivity index (χ1) is 11.6. The van der Waals surface area contributed by atoms with Gasteiger partial charge in [-0.2, -0.15) is 0 Å². The molecule has 6 nitrogen and oxygen atoms in total. The van der Waals surface area contributed by atoms with Gasteiger partial charge < -0.3 is 0 Å². The van der Waals surface area contributed by atoms with Crippen molar-refractivity contribution in [1.29, 1.82) is 0 Å². The van der Waals surface area contributed by atoms with E-state index in [9.17, 15) is 14.9 Å². The Morgan fingerprint density at radius 3 is 2.88 bits per heavy atom. The molecule has 1 aromatic carbocycles. The van der Waals surface area contributed by atoms with Crippen LogP contribution in [0.15, 0.2) is 36.4 Å². The number of para-hydroxylation sites is 1. The second-order valence-electron chi connectivity index (χ2n) is 4.89. The average molecular weight is 359 g/mol. The molecule has 2 heterocycles. The van der Waals surface area contributed by atoms with Gasteiger partial charge in [-0.15, -0.1) is 0 Å². The van der Waals surface area contributed by atoms with Crippen LogP contribution >= 0.6 is 22.7 Å². The zero-order chi connectivity index (χ0) is 17.1. The summed E-state index contributed by atoms with van der Waals surface area (Å²) in [7, 11) is 0. The van der Waals surface area contributed by atoms with Crippen molar-refractivity contribution in [3.63, 3.8) is 0 Å². The fraction of sp³-hybridized carbons (Fsp3) is 0.125. The van der Waals surface area contributed by atoms with Crippen LogP contribution in [-0.2, 0) is 11.2 Å². The number of carbonyl (C=O) groups is 1. The Kier molecular flexibility index (Phi) is 4.68. The first kappa shape index (κ1) is 16.3. The highest BCUT2D eigenvalue weighted by atomic mass is 32.1. The molecule has 0 radical (unpaired) electrons. The molecule has 1 N–H and O–H groups in total. The maximum atomic E-state index is 12.0. The van der Waals surface area contributed by atoms with Crippen LogP contribution < -0.4 is 5.32 Å². The van der Waals surface area contributed by atoms with Crippen molar-refractivity contribution in [2.75, 3.05) is 5.32 Å². The molecule has 0 aliphatic carbocycles. The van der Waals surface area contributed by atoms with Gasteiger partial charge in [-0.05, 0) is 30.2 Å². The summed E-state index contributed by atoms with van der Waals surface area (Å²) in [6, 6.07) is 9.01. The predicted octanol–water partition coefficient (Wildman–Crippen LogP) is 4.48. The van der Waals surface area contributed by atoms with E-state index >= 15 is 0 Å². The number of benzene rings is 1. The van der Waals surface area contributed by atoms with E-state index in [0.29, 0.717) is 10.0 Å². The molecule has 0 aliphatic heterocycles. The van der Waals surface area contributed by atoms with Gasteiger partial charge in [0.25, 0.3) is 0 Å². The van der Waals surface area contributed by atoms with Crippen molar-refractivity contribution in [2.24, 2.45) is 0 Å². The monoisotopic (exact) mass is 359 g/mol. The lowest BCUT2D eigenvalue weighted by molar-refractivity contribution is -0.380. The first-order valence-electron chi connectivity index (χ1n) is 7.18. The number of nitrogens with one attached hydrogen (secondary N) is 1. The number of thiazole rings is 1. The van der Waals surface area contributed by atoms with Crippen molar-refractivity contribution >= 4 is 55.0 Å². The molecule has 2 aromatic heterocycles. The number of rotatable bonds is 5. The Morgan fingerprint density at radius 2 is 2.17 bits per heavy atom. The first-order valence-corrected chi connectivity index (χ1v) is 8.82. The molecule has 0 unspecified atom stereocenters. The van der Waals surface area contributed by atoms with Gasteiger partial charge in [-0.1, -0.05) is 41.7 Å². The molecule has 24 heavy (non-hydrogen) atoms. The number of aromatic nitrogens is 1. The maximum Gasteiger partial charge on any atom is 0.324 e. The van der Waals surface area contributed by atoms with Crippen molar-refractivity contribution in [3.8, 4) is 0 Å². The van der Waals surface area contributed by atoms with Crippen molar-refractivity contribution in [2.45, 2.75) is 13.3 Å². The van der Waals surface area contributed by atoms with Gasteiger partial charge in [0, 0.05) is 17.0 Å². The van der Waals surface area contributed by atoms with E-state index in [1.807, 2.05) is 18.2 Å². The summed E-state index contributed by atoms with van der Waals surface area (Å²) in [5.74, 6) is -0.317. The summed E-state index contributed by atoms with van der Waals surface area (Å²) in [6.07, 6.45) is 3.78. The van der Waals surface area contributed by atoms with Gasteiger partial charge in [0.1, 0.15) is 0 Å². The van der Waals surface area contributed by atoms with E-state index in [1.54, 1.807) is 12.1 Å². The Morgan fingerprint density at radius 1 is 1.33 bits per heavy atom. The van der Waals surface area contributed by atoms with Crippen LogP contribution in [0, 0.1) is 10.1 Å². The quantitative estimate of drug-likeness (QED) is 0.413. The second-order valence-corrected chi connectivity index (χ2v) is 7.02. The summed E-state index contributed by atoms with van der Waals surface area (Å²) in [5, 5.41) is 14.0. The molecular formula is C16H13N3O3S2. The Bertz CT molecular complexity index is 943. The maximum absolute atomic E-state index is 12.0. The molecule has 3 aromatic rings. The molecule has 0 spiro atoms. The standard InChI is InChI=1S/C16H13N3O3S2/c1-2-10-4-3-5-12-15(10)18-16(24-12)17-13(20)8-6-11-7-9-14(23-11)19(21)22/h3-9H,2H2,1H3,(H,17,18,20)/b8-6-. The highest BCUT2D eigenvalue weighted by molar-refractivity contribution is 7.22. The van der Waals surface area contributed by atoms with Crippen LogP contribution in [0.3, 0.4) is 0 Å². The van der Waals surface area contributed by atoms with Crippen molar-refractivity contribution < 1.29 is 9.72 Å². The second kappa shape index (κ2) is 6.90. The molecule has 0 atom stereocenters. The zero-order valence-electron chi connectivity index (χ0n) is 12.7. The fourth-order valence-corrected chi connectivity index (χ4v) is 3.82. The molecule has 3 rings (SSSR count). The summed E-state index contributed by atoms with van der Waals surface area (Å²) in [4.78, 5) is 27.3. The Labute approximate surface area is 145 Å². The highest BCUT2D eigenvalue weighted by Crippen LogP contribution is 2.29. The van der Waals surface area contributed by atoms with Crippen LogP contribution in [0.25, 0.3) is 16.3 Å². The number of hydrogen-bond acceptors (Lipinski definition) is 6. The topological polar surface area (TPSA) is 85.1 Å². The molecule has 1 amide bonds. The molecule has 8 heteroatoms. The van der Waals surface area contributed by atoms with E-state index in [-0.39, 0.29) is 10.9 Å². The van der Waals surface area contributed by atoms with Gasteiger partial charge in [0.15, 0.2) is 5.13 Å². The number of amides is 1. The normalized spacial score (nSPS) is 11.2. The minimum Gasteiger partial charge on any atom is -0.298 e. The lowest BCUT2D eigenvalue weighted by Crippen LogP contribution is -2.07.